The van der Waals surface area contributed by atoms with Crippen molar-refractivity contribution in [2.24, 2.45) is 0 Å². The summed E-state index contributed by atoms with van der Waals surface area (Å²) >= 11 is 0. The van der Waals surface area contributed by atoms with Gasteiger partial charge in [0.1, 0.15) is 0 Å². The molecular weight excluding hydrogens is 288 g/mol. The third-order valence-electron chi connectivity index (χ3n) is 4.14. The van der Waals surface area contributed by atoms with Gasteiger partial charge in [-0.05, 0) is 65.4 Å². The maximum Gasteiger partial charge on any atom is -0.0172 e. The molecule has 0 saturated heterocycles. The van der Waals surface area contributed by atoms with Crippen molar-refractivity contribution in [2.45, 2.75) is 13.8 Å². The van der Waals surface area contributed by atoms with E-state index in [1.54, 1.807) is 0 Å². The Hall–Kier alpha value is -2.86. The number of hydrogen-bond acceptors (Lipinski definition) is 0. The third kappa shape index (κ3) is 3.55. The van der Waals surface area contributed by atoms with E-state index in [0.29, 0.717) is 0 Å². The second kappa shape index (κ2) is 7.61. The number of benzene rings is 3. The molecule has 0 amide bonds. The third-order valence-corrected chi connectivity index (χ3v) is 4.14. The standard InChI is InChI=1S/C24H22/c1-3-11-19(4-2)22-16-23(20-12-7-5-8-13-20)18-24(17-22)21-14-9-6-10-15-21/h3-18H,1-2H3/b11-3-,19-4+. The van der Waals surface area contributed by atoms with Gasteiger partial charge in [0.05, 0.1) is 0 Å². The fourth-order valence-corrected chi connectivity index (χ4v) is 2.93. The summed E-state index contributed by atoms with van der Waals surface area (Å²) < 4.78 is 0. The average Bonchev–Trinajstić information content (AvgIpc) is 2.67. The summed E-state index contributed by atoms with van der Waals surface area (Å²) in [7, 11) is 0. The molecule has 3 aromatic carbocycles. The van der Waals surface area contributed by atoms with Crippen LogP contribution in [0.5, 0.6) is 0 Å². The molecule has 0 aliphatic rings. The molecule has 3 aromatic rings. The first-order chi connectivity index (χ1) is 11.8. The zero-order valence-electron chi connectivity index (χ0n) is 14.2. The van der Waals surface area contributed by atoms with Gasteiger partial charge < -0.3 is 0 Å². The zero-order valence-corrected chi connectivity index (χ0v) is 14.2. The molecule has 118 valence electrons. The smallest absolute Gasteiger partial charge is 0.0172 e. The van der Waals surface area contributed by atoms with Crippen LogP contribution < -0.4 is 0 Å². The highest BCUT2D eigenvalue weighted by Gasteiger charge is 2.07. The first-order valence-electron chi connectivity index (χ1n) is 8.37. The van der Waals surface area contributed by atoms with Crippen LogP contribution in [0.3, 0.4) is 0 Å². The van der Waals surface area contributed by atoms with E-state index in [9.17, 15) is 0 Å². The van der Waals surface area contributed by atoms with Gasteiger partial charge in [-0.1, -0.05) is 78.9 Å². The van der Waals surface area contributed by atoms with Crippen molar-refractivity contribution in [1.82, 2.24) is 0 Å². The van der Waals surface area contributed by atoms with Gasteiger partial charge >= 0.3 is 0 Å². The van der Waals surface area contributed by atoms with E-state index in [2.05, 4.69) is 111 Å². The molecule has 24 heavy (non-hydrogen) atoms. The van der Waals surface area contributed by atoms with Crippen molar-refractivity contribution in [1.29, 1.82) is 0 Å². The summed E-state index contributed by atoms with van der Waals surface area (Å²) in [5.74, 6) is 0. The van der Waals surface area contributed by atoms with Gasteiger partial charge in [0.2, 0.25) is 0 Å². The van der Waals surface area contributed by atoms with Gasteiger partial charge in [0.15, 0.2) is 0 Å². The molecule has 0 fully saturated rings. The van der Waals surface area contributed by atoms with Crippen LogP contribution in [-0.2, 0) is 0 Å². The second-order valence-corrected chi connectivity index (χ2v) is 5.78. The largest absolute Gasteiger partial charge is 0.0871 e. The van der Waals surface area contributed by atoms with E-state index >= 15 is 0 Å². The zero-order chi connectivity index (χ0) is 16.8. The fraction of sp³-hybridized carbons (Fsp3) is 0.0833. The van der Waals surface area contributed by atoms with Crippen LogP contribution in [0, 0.1) is 0 Å². The maximum atomic E-state index is 2.27. The number of rotatable bonds is 4. The lowest BCUT2D eigenvalue weighted by Crippen LogP contribution is -1.88. The van der Waals surface area contributed by atoms with E-state index in [4.69, 9.17) is 0 Å². The van der Waals surface area contributed by atoms with E-state index in [0.717, 1.165) is 0 Å². The summed E-state index contributed by atoms with van der Waals surface area (Å²) in [5, 5.41) is 0. The van der Waals surface area contributed by atoms with Crippen molar-refractivity contribution in [2.75, 3.05) is 0 Å². The number of hydrogen-bond donors (Lipinski definition) is 0. The van der Waals surface area contributed by atoms with Crippen LogP contribution in [0.25, 0.3) is 27.8 Å². The topological polar surface area (TPSA) is 0 Å². The highest BCUT2D eigenvalue weighted by molar-refractivity contribution is 5.82. The van der Waals surface area contributed by atoms with Crippen LogP contribution in [0.2, 0.25) is 0 Å². The molecule has 0 aromatic heterocycles. The Morgan fingerprint density at radius 3 is 1.54 bits per heavy atom. The Balaban J connectivity index is 2.20. The molecule has 0 atom stereocenters. The van der Waals surface area contributed by atoms with Crippen LogP contribution in [-0.4, -0.2) is 0 Å². The summed E-state index contributed by atoms with van der Waals surface area (Å²) in [6.07, 6.45) is 6.42. The van der Waals surface area contributed by atoms with Crippen LogP contribution in [0.4, 0.5) is 0 Å². The Morgan fingerprint density at radius 2 is 1.12 bits per heavy atom. The van der Waals surface area contributed by atoms with Gasteiger partial charge in [0.25, 0.3) is 0 Å². The minimum absolute atomic E-state index is 1.24. The van der Waals surface area contributed by atoms with Crippen molar-refractivity contribution in [3.05, 3.63) is 103 Å². The van der Waals surface area contributed by atoms with Crippen LogP contribution >= 0.6 is 0 Å². The average molecular weight is 310 g/mol. The minimum Gasteiger partial charge on any atom is -0.0871 e. The van der Waals surface area contributed by atoms with Gasteiger partial charge in [-0.25, -0.2) is 0 Å². The summed E-state index contributed by atoms with van der Waals surface area (Å²) in [4.78, 5) is 0. The van der Waals surface area contributed by atoms with Crippen molar-refractivity contribution in [3.8, 4) is 22.3 Å². The summed E-state index contributed by atoms with van der Waals surface area (Å²) in [6, 6.07) is 28.0. The lowest BCUT2D eigenvalue weighted by Gasteiger charge is -2.11. The molecule has 0 N–H and O–H groups in total. The highest BCUT2D eigenvalue weighted by Crippen LogP contribution is 2.31. The summed E-state index contributed by atoms with van der Waals surface area (Å²) in [5.41, 5.74) is 7.47. The quantitative estimate of drug-likeness (QED) is 0.455. The van der Waals surface area contributed by atoms with Crippen LogP contribution in [0.1, 0.15) is 19.4 Å². The Kier molecular flexibility index (Phi) is 5.08. The summed E-state index contributed by atoms with van der Waals surface area (Å²) in [6.45, 7) is 4.15. The molecule has 0 nitrogen and oxygen atoms in total. The number of allylic oxidation sites excluding steroid dienone is 4. The molecule has 3 rings (SSSR count). The molecule has 0 saturated carbocycles. The van der Waals surface area contributed by atoms with Gasteiger partial charge in [-0.3, -0.25) is 0 Å². The first kappa shape index (κ1) is 16.0. The molecule has 0 aliphatic heterocycles. The van der Waals surface area contributed by atoms with Crippen molar-refractivity contribution >= 4 is 5.57 Å². The van der Waals surface area contributed by atoms with E-state index in [1.807, 2.05) is 0 Å². The fourth-order valence-electron chi connectivity index (χ4n) is 2.93. The van der Waals surface area contributed by atoms with Crippen molar-refractivity contribution in [3.63, 3.8) is 0 Å². The molecule has 0 heteroatoms. The van der Waals surface area contributed by atoms with E-state index in [-0.39, 0.29) is 0 Å². The lowest BCUT2D eigenvalue weighted by molar-refractivity contribution is 1.54. The molecule has 0 spiro atoms. The van der Waals surface area contributed by atoms with E-state index < -0.39 is 0 Å². The van der Waals surface area contributed by atoms with Crippen molar-refractivity contribution < 1.29 is 0 Å². The Morgan fingerprint density at radius 1 is 0.625 bits per heavy atom. The predicted molar refractivity (Wildman–Crippen MR) is 106 cm³/mol. The monoisotopic (exact) mass is 310 g/mol. The molecule has 0 radical (unpaired) electrons. The van der Waals surface area contributed by atoms with E-state index in [1.165, 1.54) is 33.4 Å². The highest BCUT2D eigenvalue weighted by atomic mass is 14.1. The molecule has 0 unspecified atom stereocenters. The SMILES string of the molecule is C/C=C\C(=C/C)c1cc(-c2ccccc2)cc(-c2ccccc2)c1. The maximum absolute atomic E-state index is 2.27. The molecule has 0 aliphatic carbocycles. The second-order valence-electron chi connectivity index (χ2n) is 5.78. The minimum atomic E-state index is 1.24. The normalized spacial score (nSPS) is 11.8. The lowest BCUT2D eigenvalue weighted by atomic mass is 9.93. The molecule has 0 bridgehead atoms. The van der Waals surface area contributed by atoms with Crippen LogP contribution in [0.15, 0.2) is 97.1 Å². The van der Waals surface area contributed by atoms with Gasteiger partial charge in [-0.2, -0.15) is 0 Å². The molecular formula is C24H22. The Bertz CT molecular complexity index is 795. The first-order valence-corrected chi connectivity index (χ1v) is 8.37. The van der Waals surface area contributed by atoms with Gasteiger partial charge in [-0.15, -0.1) is 0 Å². The predicted octanol–water partition coefficient (Wildman–Crippen LogP) is 7.00. The molecule has 0 heterocycles. The Labute approximate surface area is 144 Å². The van der Waals surface area contributed by atoms with Gasteiger partial charge in [0, 0.05) is 0 Å².